The number of hydrogen-bond donors (Lipinski definition) is 0. The fraction of sp³-hybridized carbons (Fsp3) is 0. The lowest BCUT2D eigenvalue weighted by molar-refractivity contribution is 0.669. The van der Waals surface area contributed by atoms with E-state index in [-0.39, 0.29) is 0 Å². The third-order valence-electron chi connectivity index (χ3n) is 10.5. The van der Waals surface area contributed by atoms with E-state index in [2.05, 4.69) is 179 Å². The first-order valence-electron chi connectivity index (χ1n) is 17.4. The molecule has 0 aliphatic heterocycles. The summed E-state index contributed by atoms with van der Waals surface area (Å²) in [7, 11) is 0. The molecule has 0 bridgehead atoms. The second-order valence-corrected chi connectivity index (χ2v) is 13.3. The minimum atomic E-state index is 0.869. The Morgan fingerprint density at radius 2 is 0.980 bits per heavy atom. The van der Waals surface area contributed by atoms with Crippen LogP contribution in [0, 0.1) is 0 Å². The minimum absolute atomic E-state index is 0.869. The molecule has 0 atom stereocenters. The Morgan fingerprint density at radius 1 is 0.373 bits per heavy atom. The summed E-state index contributed by atoms with van der Waals surface area (Å²) >= 11 is 0. The van der Waals surface area contributed by atoms with Crippen molar-refractivity contribution in [3.63, 3.8) is 0 Å². The summed E-state index contributed by atoms with van der Waals surface area (Å²) in [4.78, 5) is 2.43. The molecule has 0 saturated carbocycles. The molecule has 3 heterocycles. The standard InChI is InChI=1S/C48H30N2O/c1-3-13-31(14-4-1)33-27-34(32-15-5-2-6-16-32)29-36(28-33)49(35-25-26-39-38-18-8-10-24-45(38)51-46(39)30-35)43-22-12-23-44-47(43)41-20-11-19-40-37-17-7-9-21-42(37)50(44)48(40)41/h1-30H. The Morgan fingerprint density at radius 3 is 1.76 bits per heavy atom. The Balaban J connectivity index is 1.25. The van der Waals surface area contributed by atoms with Gasteiger partial charge < -0.3 is 13.7 Å². The zero-order chi connectivity index (χ0) is 33.5. The van der Waals surface area contributed by atoms with E-state index in [0.717, 1.165) is 50.1 Å². The number of nitrogens with zero attached hydrogens (tertiary/aromatic N) is 2. The predicted molar refractivity (Wildman–Crippen MR) is 214 cm³/mol. The van der Waals surface area contributed by atoms with E-state index < -0.39 is 0 Å². The normalized spacial score (nSPS) is 11.9. The molecule has 3 aromatic heterocycles. The summed E-state index contributed by atoms with van der Waals surface area (Å²) in [6.07, 6.45) is 0. The molecular formula is C48H30N2O. The number of benzene rings is 8. The number of rotatable bonds is 5. The third kappa shape index (κ3) is 4.19. The van der Waals surface area contributed by atoms with Gasteiger partial charge in [-0.25, -0.2) is 0 Å². The highest BCUT2D eigenvalue weighted by molar-refractivity contribution is 6.26. The largest absolute Gasteiger partial charge is 0.456 e. The monoisotopic (exact) mass is 650 g/mol. The first-order chi connectivity index (χ1) is 25.3. The van der Waals surface area contributed by atoms with Crippen molar-refractivity contribution in [2.24, 2.45) is 0 Å². The van der Waals surface area contributed by atoms with Crippen LogP contribution in [0.15, 0.2) is 186 Å². The number of furan rings is 1. The van der Waals surface area contributed by atoms with Crippen LogP contribution in [0.25, 0.3) is 82.3 Å². The van der Waals surface area contributed by atoms with E-state index in [4.69, 9.17) is 4.42 Å². The van der Waals surface area contributed by atoms with Gasteiger partial charge in [0.1, 0.15) is 11.2 Å². The van der Waals surface area contributed by atoms with E-state index in [9.17, 15) is 0 Å². The molecular weight excluding hydrogens is 621 g/mol. The van der Waals surface area contributed by atoms with E-state index in [0.29, 0.717) is 0 Å². The second kappa shape index (κ2) is 10.8. The summed E-state index contributed by atoms with van der Waals surface area (Å²) in [5.74, 6) is 0. The molecule has 0 radical (unpaired) electrons. The Hall–Kier alpha value is -6.84. The van der Waals surface area contributed by atoms with Crippen LogP contribution in [0.3, 0.4) is 0 Å². The average Bonchev–Trinajstić information content (AvgIpc) is 3.86. The molecule has 0 saturated heterocycles. The number of hydrogen-bond acceptors (Lipinski definition) is 2. The number of para-hydroxylation sites is 3. The first-order valence-corrected chi connectivity index (χ1v) is 17.4. The van der Waals surface area contributed by atoms with Gasteiger partial charge in [-0.05, 0) is 76.9 Å². The molecule has 0 amide bonds. The molecule has 8 aromatic carbocycles. The second-order valence-electron chi connectivity index (χ2n) is 13.3. The van der Waals surface area contributed by atoms with Gasteiger partial charge >= 0.3 is 0 Å². The van der Waals surface area contributed by atoms with Gasteiger partial charge in [-0.1, -0.05) is 121 Å². The number of anilines is 3. The van der Waals surface area contributed by atoms with Crippen molar-refractivity contribution in [3.8, 4) is 22.3 Å². The van der Waals surface area contributed by atoms with Crippen molar-refractivity contribution >= 4 is 77.1 Å². The van der Waals surface area contributed by atoms with Crippen molar-refractivity contribution < 1.29 is 4.42 Å². The van der Waals surface area contributed by atoms with Crippen molar-refractivity contribution in [1.82, 2.24) is 4.40 Å². The van der Waals surface area contributed by atoms with Gasteiger partial charge in [-0.15, -0.1) is 0 Å². The third-order valence-corrected chi connectivity index (χ3v) is 10.5. The van der Waals surface area contributed by atoms with Crippen LogP contribution in [0.5, 0.6) is 0 Å². The number of aromatic nitrogens is 1. The molecule has 238 valence electrons. The fourth-order valence-electron chi connectivity index (χ4n) is 8.26. The minimum Gasteiger partial charge on any atom is -0.456 e. The SMILES string of the molecule is c1ccc(-c2cc(-c3ccccc3)cc(N(c3ccc4c(c3)oc3ccccc34)c3cccc4c3c3cccc5c6ccccc6n4c53)c2)cc1. The molecule has 0 aliphatic carbocycles. The molecule has 3 nitrogen and oxygen atoms in total. The van der Waals surface area contributed by atoms with Crippen LogP contribution >= 0.6 is 0 Å². The van der Waals surface area contributed by atoms with Crippen molar-refractivity contribution in [2.75, 3.05) is 4.90 Å². The lowest BCUT2D eigenvalue weighted by atomic mass is 9.97. The first kappa shape index (κ1) is 28.0. The zero-order valence-electron chi connectivity index (χ0n) is 27.6. The summed E-state index contributed by atoms with van der Waals surface area (Å²) in [5, 5.41) is 7.26. The fourth-order valence-corrected chi connectivity index (χ4v) is 8.26. The van der Waals surface area contributed by atoms with Crippen LogP contribution in [0.2, 0.25) is 0 Å². The van der Waals surface area contributed by atoms with Crippen LogP contribution in [0.1, 0.15) is 0 Å². The molecule has 51 heavy (non-hydrogen) atoms. The van der Waals surface area contributed by atoms with E-state index in [1.807, 2.05) is 12.1 Å². The molecule has 0 fully saturated rings. The maximum Gasteiger partial charge on any atom is 0.137 e. The molecule has 11 aromatic rings. The molecule has 0 aliphatic rings. The molecule has 0 unspecified atom stereocenters. The summed E-state index contributed by atoms with van der Waals surface area (Å²) in [5.41, 5.74) is 13.3. The molecule has 11 rings (SSSR count). The smallest absolute Gasteiger partial charge is 0.137 e. The van der Waals surface area contributed by atoms with E-state index in [1.54, 1.807) is 0 Å². The Kier molecular flexibility index (Phi) is 5.96. The summed E-state index contributed by atoms with van der Waals surface area (Å²) in [6, 6.07) is 65.5. The maximum absolute atomic E-state index is 6.50. The van der Waals surface area contributed by atoms with Gasteiger partial charge in [0.25, 0.3) is 0 Å². The number of fused-ring (bicyclic) bond motifs is 9. The lowest BCUT2D eigenvalue weighted by Crippen LogP contribution is -2.11. The molecule has 3 heteroatoms. The van der Waals surface area contributed by atoms with Crippen molar-refractivity contribution in [1.29, 1.82) is 0 Å². The van der Waals surface area contributed by atoms with Gasteiger partial charge in [0, 0.05) is 49.8 Å². The van der Waals surface area contributed by atoms with Gasteiger partial charge in [-0.2, -0.15) is 0 Å². The van der Waals surface area contributed by atoms with Crippen molar-refractivity contribution in [3.05, 3.63) is 182 Å². The Labute approximate surface area is 294 Å². The lowest BCUT2D eigenvalue weighted by Gasteiger charge is -2.28. The van der Waals surface area contributed by atoms with Gasteiger partial charge in [0.2, 0.25) is 0 Å². The quantitative estimate of drug-likeness (QED) is 0.185. The maximum atomic E-state index is 6.50. The van der Waals surface area contributed by atoms with Crippen LogP contribution in [-0.2, 0) is 0 Å². The summed E-state index contributed by atoms with van der Waals surface area (Å²) < 4.78 is 8.95. The van der Waals surface area contributed by atoms with Crippen molar-refractivity contribution in [2.45, 2.75) is 0 Å². The van der Waals surface area contributed by atoms with E-state index in [1.165, 1.54) is 49.2 Å². The van der Waals surface area contributed by atoms with Gasteiger partial charge in [0.05, 0.1) is 22.2 Å². The van der Waals surface area contributed by atoms with Crippen LogP contribution in [0.4, 0.5) is 17.1 Å². The topological polar surface area (TPSA) is 20.8 Å². The van der Waals surface area contributed by atoms with Crippen LogP contribution < -0.4 is 4.90 Å². The Bertz CT molecular complexity index is 3020. The molecule has 0 N–H and O–H groups in total. The van der Waals surface area contributed by atoms with Gasteiger partial charge in [0.15, 0.2) is 0 Å². The molecule has 0 spiro atoms. The van der Waals surface area contributed by atoms with E-state index >= 15 is 0 Å². The highest BCUT2D eigenvalue weighted by Crippen LogP contribution is 2.48. The zero-order valence-corrected chi connectivity index (χ0v) is 27.6. The summed E-state index contributed by atoms with van der Waals surface area (Å²) in [6.45, 7) is 0. The predicted octanol–water partition coefficient (Wildman–Crippen LogP) is 13.5. The highest BCUT2D eigenvalue weighted by atomic mass is 16.3. The highest BCUT2D eigenvalue weighted by Gasteiger charge is 2.24. The van der Waals surface area contributed by atoms with Crippen LogP contribution in [-0.4, -0.2) is 4.40 Å². The van der Waals surface area contributed by atoms with Gasteiger partial charge in [-0.3, -0.25) is 0 Å². The average molecular weight is 651 g/mol.